The van der Waals surface area contributed by atoms with Gasteiger partial charge in [-0.05, 0) is 95.5 Å². The maximum Gasteiger partial charge on any atom is 0.303 e. The fraction of sp³-hybridized carbons (Fsp3) is 0.441. The number of hydrogen-bond donors (Lipinski definition) is 1. The summed E-state index contributed by atoms with van der Waals surface area (Å²) in [7, 11) is 1.50. The fourth-order valence-corrected chi connectivity index (χ4v) is 6.53. The van der Waals surface area contributed by atoms with E-state index in [2.05, 4.69) is 13.8 Å². The first-order chi connectivity index (χ1) is 19.4. The predicted molar refractivity (Wildman–Crippen MR) is 152 cm³/mol. The van der Waals surface area contributed by atoms with Crippen molar-refractivity contribution in [2.24, 2.45) is 10.8 Å². The van der Waals surface area contributed by atoms with Crippen molar-refractivity contribution >= 4 is 5.97 Å². The van der Waals surface area contributed by atoms with Crippen molar-refractivity contribution in [3.63, 3.8) is 0 Å². The number of carboxylic acids is 1. The van der Waals surface area contributed by atoms with Gasteiger partial charge in [-0.25, -0.2) is 13.2 Å². The third-order valence-electron chi connectivity index (χ3n) is 9.33. The van der Waals surface area contributed by atoms with Crippen LogP contribution in [-0.4, -0.2) is 18.2 Å². The van der Waals surface area contributed by atoms with Crippen LogP contribution in [0.2, 0.25) is 0 Å². The second kappa shape index (κ2) is 11.1. The van der Waals surface area contributed by atoms with Gasteiger partial charge in [-0.15, -0.1) is 0 Å². The van der Waals surface area contributed by atoms with Gasteiger partial charge in [0.1, 0.15) is 24.0 Å². The smallest absolute Gasteiger partial charge is 0.303 e. The first-order valence-electron chi connectivity index (χ1n) is 14.2. The van der Waals surface area contributed by atoms with Crippen LogP contribution in [0.5, 0.6) is 11.5 Å². The van der Waals surface area contributed by atoms with E-state index in [1.807, 2.05) is 6.92 Å². The highest BCUT2D eigenvalue weighted by Crippen LogP contribution is 2.58. The average molecular weight is 567 g/mol. The lowest BCUT2D eigenvalue weighted by molar-refractivity contribution is -0.137. The summed E-state index contributed by atoms with van der Waals surface area (Å²) >= 11 is 0. The summed E-state index contributed by atoms with van der Waals surface area (Å²) in [4.78, 5) is 11.5. The summed E-state index contributed by atoms with van der Waals surface area (Å²) in [6.07, 6.45) is 4.39. The molecule has 0 aliphatic heterocycles. The molecule has 0 amide bonds. The van der Waals surface area contributed by atoms with Crippen LogP contribution in [-0.2, 0) is 11.4 Å². The lowest BCUT2D eigenvalue weighted by Gasteiger charge is -2.30. The topological polar surface area (TPSA) is 55.8 Å². The van der Waals surface area contributed by atoms with Crippen molar-refractivity contribution < 1.29 is 32.5 Å². The summed E-state index contributed by atoms with van der Waals surface area (Å²) < 4.78 is 57.6. The third kappa shape index (κ3) is 5.81. The number of carboxylic acid groups (broad SMARTS) is 1. The minimum Gasteiger partial charge on any atom is -0.497 e. The number of ether oxygens (including phenoxy) is 2. The molecule has 0 bridgehead atoms. The average Bonchev–Trinajstić information content (AvgIpc) is 3.58. The molecule has 0 unspecified atom stereocenters. The highest BCUT2D eigenvalue weighted by atomic mass is 19.1. The zero-order valence-corrected chi connectivity index (χ0v) is 24.0. The van der Waals surface area contributed by atoms with Crippen LogP contribution in [0.4, 0.5) is 13.2 Å². The highest BCUT2D eigenvalue weighted by molar-refractivity contribution is 5.71. The van der Waals surface area contributed by atoms with E-state index >= 15 is 13.2 Å². The maximum atomic E-state index is 15.7. The normalized spacial score (nSPS) is 19.5. The maximum absolute atomic E-state index is 15.7. The van der Waals surface area contributed by atoms with E-state index in [1.54, 1.807) is 24.3 Å². The van der Waals surface area contributed by atoms with Crippen LogP contribution >= 0.6 is 0 Å². The minimum atomic E-state index is -0.981. The predicted octanol–water partition coefficient (Wildman–Crippen LogP) is 9.01. The second-order valence-corrected chi connectivity index (χ2v) is 12.6. The van der Waals surface area contributed by atoms with E-state index in [0.717, 1.165) is 37.7 Å². The van der Waals surface area contributed by atoms with Gasteiger partial charge in [-0.1, -0.05) is 39.3 Å². The number of benzene rings is 3. The standard InChI is InChI=1S/C34H37F3O4/c1-33(2)12-6-8-26(33)24-15-20(29(36)17-23(24)25-16-21(40-4)10-11-28(25)35)19-41-30-9-5-7-22(32(30)37)27(18-31(38)39)34(3)13-14-34/h5,7,9-11,15-17,26-27H,6,8,12-14,18-19H2,1-4H3,(H,38,39)/t26-,27-/m0/s1. The molecule has 0 radical (unpaired) electrons. The molecule has 3 aromatic rings. The van der Waals surface area contributed by atoms with Gasteiger partial charge >= 0.3 is 5.97 Å². The highest BCUT2D eigenvalue weighted by Gasteiger charge is 2.47. The molecule has 218 valence electrons. The summed E-state index contributed by atoms with van der Waals surface area (Å²) in [5.41, 5.74) is 1.79. The van der Waals surface area contributed by atoms with E-state index in [4.69, 9.17) is 9.47 Å². The Kier molecular flexibility index (Phi) is 7.84. The monoisotopic (exact) mass is 566 g/mol. The molecule has 2 saturated carbocycles. The molecule has 41 heavy (non-hydrogen) atoms. The Morgan fingerprint density at radius 1 is 1.00 bits per heavy atom. The molecule has 0 saturated heterocycles. The summed E-state index contributed by atoms with van der Waals surface area (Å²) in [5, 5.41) is 9.46. The molecule has 2 atom stereocenters. The summed E-state index contributed by atoms with van der Waals surface area (Å²) in [6.45, 7) is 6.09. The third-order valence-corrected chi connectivity index (χ3v) is 9.33. The quantitative estimate of drug-likeness (QED) is 0.266. The van der Waals surface area contributed by atoms with Crippen molar-refractivity contribution in [2.75, 3.05) is 7.11 Å². The molecule has 0 aromatic heterocycles. The van der Waals surface area contributed by atoms with Gasteiger partial charge < -0.3 is 14.6 Å². The molecule has 1 N–H and O–H groups in total. The Labute approximate surface area is 239 Å². The Bertz CT molecular complexity index is 1460. The lowest BCUT2D eigenvalue weighted by atomic mass is 9.75. The van der Waals surface area contributed by atoms with Gasteiger partial charge in [0.05, 0.1) is 13.5 Å². The zero-order valence-electron chi connectivity index (χ0n) is 24.0. The molecule has 2 aliphatic rings. The Morgan fingerprint density at radius 3 is 2.39 bits per heavy atom. The van der Waals surface area contributed by atoms with Crippen LogP contribution in [0.3, 0.4) is 0 Å². The molecular formula is C34H37F3O4. The van der Waals surface area contributed by atoms with Crippen LogP contribution in [0.1, 0.15) is 87.8 Å². The van der Waals surface area contributed by atoms with Gasteiger partial charge in [0.25, 0.3) is 0 Å². The van der Waals surface area contributed by atoms with Gasteiger partial charge in [0.2, 0.25) is 0 Å². The Balaban J connectivity index is 1.50. The number of rotatable bonds is 10. The van der Waals surface area contributed by atoms with Crippen molar-refractivity contribution in [1.82, 2.24) is 0 Å². The van der Waals surface area contributed by atoms with E-state index in [-0.39, 0.29) is 46.7 Å². The van der Waals surface area contributed by atoms with Crippen molar-refractivity contribution in [2.45, 2.75) is 77.7 Å². The first-order valence-corrected chi connectivity index (χ1v) is 14.2. The van der Waals surface area contributed by atoms with Crippen LogP contribution in [0, 0.1) is 28.3 Å². The largest absolute Gasteiger partial charge is 0.497 e. The fourth-order valence-electron chi connectivity index (χ4n) is 6.53. The SMILES string of the molecule is COc1ccc(F)c(-c2cc(F)c(COc3cccc([C@H](CC(=O)O)C4(C)CC4)c3F)cc2[C@@H]2CCCC2(C)C)c1. The molecule has 2 fully saturated rings. The molecule has 7 heteroatoms. The van der Waals surface area contributed by atoms with Gasteiger partial charge in [0.15, 0.2) is 11.6 Å². The van der Waals surface area contributed by atoms with Crippen molar-refractivity contribution in [3.05, 3.63) is 82.7 Å². The molecule has 0 heterocycles. The number of methoxy groups -OCH3 is 1. The summed E-state index contributed by atoms with van der Waals surface area (Å²) in [5.74, 6) is -2.62. The van der Waals surface area contributed by atoms with E-state index in [1.165, 1.54) is 31.4 Å². The minimum absolute atomic E-state index is 0.0489. The van der Waals surface area contributed by atoms with E-state index in [0.29, 0.717) is 16.9 Å². The second-order valence-electron chi connectivity index (χ2n) is 12.6. The summed E-state index contributed by atoms with van der Waals surface area (Å²) in [6, 6.07) is 12.3. The molecule has 0 spiro atoms. The van der Waals surface area contributed by atoms with E-state index in [9.17, 15) is 9.90 Å². The molecule has 4 nitrogen and oxygen atoms in total. The van der Waals surface area contributed by atoms with Gasteiger partial charge in [-0.3, -0.25) is 4.79 Å². The van der Waals surface area contributed by atoms with Crippen molar-refractivity contribution in [3.8, 4) is 22.6 Å². The Hall–Kier alpha value is -3.48. The van der Waals surface area contributed by atoms with E-state index < -0.39 is 29.3 Å². The first kappa shape index (κ1) is 29.0. The van der Waals surface area contributed by atoms with Crippen molar-refractivity contribution in [1.29, 1.82) is 0 Å². The molecule has 5 rings (SSSR count). The van der Waals surface area contributed by atoms with Gasteiger partial charge in [-0.2, -0.15) is 0 Å². The number of halogens is 3. The number of hydrogen-bond acceptors (Lipinski definition) is 3. The lowest BCUT2D eigenvalue weighted by Crippen LogP contribution is -2.18. The number of carbonyl (C=O) groups is 1. The molecular weight excluding hydrogens is 529 g/mol. The Morgan fingerprint density at radius 2 is 1.76 bits per heavy atom. The van der Waals surface area contributed by atoms with Crippen LogP contribution in [0.25, 0.3) is 11.1 Å². The molecule has 2 aliphatic carbocycles. The molecule has 3 aromatic carbocycles. The zero-order chi connectivity index (χ0) is 29.5. The van der Waals surface area contributed by atoms with Crippen LogP contribution < -0.4 is 9.47 Å². The van der Waals surface area contributed by atoms with Crippen LogP contribution in [0.15, 0.2) is 48.5 Å². The number of aliphatic carboxylic acids is 1. The van der Waals surface area contributed by atoms with Gasteiger partial charge in [0, 0.05) is 17.0 Å².